The number of carbonyl (C=O) groups is 1. The minimum Gasteiger partial charge on any atom is -0.388 e. The van der Waals surface area contributed by atoms with Crippen molar-refractivity contribution in [2.24, 2.45) is 5.92 Å². The Morgan fingerprint density at radius 2 is 2.07 bits per heavy atom. The Hall–Kier alpha value is -1.22. The molecule has 1 aliphatic carbocycles. The lowest BCUT2D eigenvalue weighted by Gasteiger charge is -2.25. The van der Waals surface area contributed by atoms with Crippen molar-refractivity contribution >= 4 is 5.78 Å². The van der Waals surface area contributed by atoms with Crippen molar-refractivity contribution in [3.05, 3.63) is 30.1 Å². The molecular weight excluding hydrogens is 190 g/mol. The van der Waals surface area contributed by atoms with Gasteiger partial charge >= 0.3 is 0 Å². The molecule has 0 saturated heterocycles. The van der Waals surface area contributed by atoms with E-state index in [9.17, 15) is 9.90 Å². The zero-order valence-corrected chi connectivity index (χ0v) is 8.60. The number of ketones is 1. The van der Waals surface area contributed by atoms with Crippen molar-refractivity contribution in [2.45, 2.75) is 31.8 Å². The van der Waals surface area contributed by atoms with Crippen LogP contribution in [0.5, 0.6) is 0 Å². The summed E-state index contributed by atoms with van der Waals surface area (Å²) in [6, 6.07) is 3.54. The number of aliphatic hydroxyl groups is 1. The number of hydrogen-bond donors (Lipinski definition) is 1. The van der Waals surface area contributed by atoms with Crippen molar-refractivity contribution in [2.75, 3.05) is 0 Å². The molecule has 1 aliphatic rings. The predicted octanol–water partition coefficient (Wildman–Crippen LogP) is 1.87. The van der Waals surface area contributed by atoms with Crippen LogP contribution in [-0.4, -0.2) is 15.9 Å². The van der Waals surface area contributed by atoms with E-state index in [1.165, 1.54) is 0 Å². The van der Waals surface area contributed by atoms with Crippen LogP contribution in [0.1, 0.15) is 37.4 Å². The smallest absolute Gasteiger partial charge is 0.138 e. The molecule has 0 spiro atoms. The van der Waals surface area contributed by atoms with E-state index < -0.39 is 6.10 Å². The van der Waals surface area contributed by atoms with Crippen LogP contribution in [0.2, 0.25) is 0 Å². The van der Waals surface area contributed by atoms with Crippen LogP contribution in [0.25, 0.3) is 0 Å². The summed E-state index contributed by atoms with van der Waals surface area (Å²) in [6.45, 7) is 0. The average molecular weight is 205 g/mol. The summed E-state index contributed by atoms with van der Waals surface area (Å²) in [6.07, 6.45) is 6.07. The molecular formula is C12H15NO2. The second-order valence-electron chi connectivity index (χ2n) is 4.04. The van der Waals surface area contributed by atoms with E-state index in [1.54, 1.807) is 24.5 Å². The minimum atomic E-state index is -0.652. The van der Waals surface area contributed by atoms with Gasteiger partial charge in [0.15, 0.2) is 0 Å². The third-order valence-electron chi connectivity index (χ3n) is 3.03. The van der Waals surface area contributed by atoms with Crippen LogP contribution in [0, 0.1) is 5.92 Å². The van der Waals surface area contributed by atoms with E-state index in [-0.39, 0.29) is 11.7 Å². The summed E-state index contributed by atoms with van der Waals surface area (Å²) in [7, 11) is 0. The monoisotopic (exact) mass is 205 g/mol. The molecule has 0 aliphatic heterocycles. The third-order valence-corrected chi connectivity index (χ3v) is 3.03. The lowest BCUT2D eigenvalue weighted by Crippen LogP contribution is -2.25. The second kappa shape index (κ2) is 4.53. The van der Waals surface area contributed by atoms with Gasteiger partial charge in [0.05, 0.1) is 6.10 Å². The van der Waals surface area contributed by atoms with Crippen LogP contribution < -0.4 is 0 Å². The molecule has 3 heteroatoms. The normalized spacial score (nSPS) is 23.8. The van der Waals surface area contributed by atoms with E-state index in [1.807, 2.05) is 0 Å². The maximum atomic E-state index is 11.6. The van der Waals surface area contributed by atoms with Gasteiger partial charge in [-0.3, -0.25) is 9.78 Å². The predicted molar refractivity (Wildman–Crippen MR) is 56.2 cm³/mol. The van der Waals surface area contributed by atoms with Gasteiger partial charge in [-0.05, 0) is 30.5 Å². The maximum absolute atomic E-state index is 11.6. The SMILES string of the molecule is O=C1CCCCC1C(O)c1ccncc1. The lowest BCUT2D eigenvalue weighted by molar-refractivity contribution is -0.128. The number of aliphatic hydroxyl groups excluding tert-OH is 1. The average Bonchev–Trinajstić information content (AvgIpc) is 2.30. The molecule has 1 heterocycles. The van der Waals surface area contributed by atoms with Crippen LogP contribution in [0.15, 0.2) is 24.5 Å². The topological polar surface area (TPSA) is 50.2 Å². The number of rotatable bonds is 2. The Kier molecular flexibility index (Phi) is 3.11. The summed E-state index contributed by atoms with van der Waals surface area (Å²) in [5.74, 6) is -0.00767. The van der Waals surface area contributed by atoms with Gasteiger partial charge in [0.2, 0.25) is 0 Å². The summed E-state index contributed by atoms with van der Waals surface area (Å²) < 4.78 is 0. The van der Waals surface area contributed by atoms with Gasteiger partial charge in [0.25, 0.3) is 0 Å². The Labute approximate surface area is 89.2 Å². The van der Waals surface area contributed by atoms with Gasteiger partial charge in [-0.25, -0.2) is 0 Å². The van der Waals surface area contributed by atoms with Gasteiger partial charge in [-0.15, -0.1) is 0 Å². The minimum absolute atomic E-state index is 0.200. The summed E-state index contributed by atoms with van der Waals surface area (Å²) in [5.41, 5.74) is 0.797. The molecule has 1 N–H and O–H groups in total. The highest BCUT2D eigenvalue weighted by molar-refractivity contribution is 5.82. The molecule has 2 atom stereocenters. The molecule has 2 unspecified atom stereocenters. The van der Waals surface area contributed by atoms with Crippen LogP contribution >= 0.6 is 0 Å². The Balaban J connectivity index is 2.13. The Morgan fingerprint density at radius 3 is 2.73 bits per heavy atom. The molecule has 0 aromatic carbocycles. The lowest BCUT2D eigenvalue weighted by atomic mass is 9.82. The molecule has 1 aromatic heterocycles. The van der Waals surface area contributed by atoms with Crippen molar-refractivity contribution in [1.82, 2.24) is 4.98 Å². The van der Waals surface area contributed by atoms with E-state index in [2.05, 4.69) is 4.98 Å². The molecule has 80 valence electrons. The quantitative estimate of drug-likeness (QED) is 0.802. The fourth-order valence-corrected chi connectivity index (χ4v) is 2.14. The van der Waals surface area contributed by atoms with Gasteiger partial charge in [0, 0.05) is 24.7 Å². The molecule has 1 aromatic rings. The molecule has 1 saturated carbocycles. The van der Waals surface area contributed by atoms with Gasteiger partial charge in [-0.2, -0.15) is 0 Å². The molecule has 3 nitrogen and oxygen atoms in total. The second-order valence-corrected chi connectivity index (χ2v) is 4.04. The first-order valence-corrected chi connectivity index (χ1v) is 5.40. The number of hydrogen-bond acceptors (Lipinski definition) is 3. The fraction of sp³-hybridized carbons (Fsp3) is 0.500. The van der Waals surface area contributed by atoms with Crippen LogP contribution in [0.3, 0.4) is 0 Å². The van der Waals surface area contributed by atoms with E-state index in [0.29, 0.717) is 6.42 Å². The highest BCUT2D eigenvalue weighted by atomic mass is 16.3. The molecule has 15 heavy (non-hydrogen) atoms. The number of aromatic nitrogens is 1. The standard InChI is InChI=1S/C12H15NO2/c14-11-4-2-1-3-10(11)12(15)9-5-7-13-8-6-9/h5-8,10,12,15H,1-4H2. The summed E-state index contributed by atoms with van der Waals surface area (Å²) in [5, 5.41) is 10.1. The molecule has 2 rings (SSSR count). The fourth-order valence-electron chi connectivity index (χ4n) is 2.14. The molecule has 0 radical (unpaired) electrons. The van der Waals surface area contributed by atoms with Crippen molar-refractivity contribution in [3.8, 4) is 0 Å². The highest BCUT2D eigenvalue weighted by Crippen LogP contribution is 2.31. The first kappa shape index (κ1) is 10.3. The largest absolute Gasteiger partial charge is 0.388 e. The molecule has 0 bridgehead atoms. The van der Waals surface area contributed by atoms with Crippen LogP contribution in [-0.2, 0) is 4.79 Å². The Bertz CT molecular complexity index is 337. The van der Waals surface area contributed by atoms with Gasteiger partial charge in [-0.1, -0.05) is 6.42 Å². The van der Waals surface area contributed by atoms with Crippen LogP contribution in [0.4, 0.5) is 0 Å². The molecule has 1 fully saturated rings. The van der Waals surface area contributed by atoms with E-state index in [4.69, 9.17) is 0 Å². The van der Waals surface area contributed by atoms with E-state index >= 15 is 0 Å². The maximum Gasteiger partial charge on any atom is 0.138 e. The first-order valence-electron chi connectivity index (χ1n) is 5.40. The summed E-state index contributed by atoms with van der Waals surface area (Å²) >= 11 is 0. The molecule has 0 amide bonds. The number of carbonyl (C=O) groups excluding carboxylic acids is 1. The van der Waals surface area contributed by atoms with E-state index in [0.717, 1.165) is 24.8 Å². The van der Waals surface area contributed by atoms with Crippen molar-refractivity contribution < 1.29 is 9.90 Å². The number of pyridine rings is 1. The van der Waals surface area contributed by atoms with Gasteiger partial charge < -0.3 is 5.11 Å². The summed E-state index contributed by atoms with van der Waals surface area (Å²) in [4.78, 5) is 15.5. The first-order chi connectivity index (χ1) is 7.29. The number of nitrogens with zero attached hydrogens (tertiary/aromatic N) is 1. The Morgan fingerprint density at radius 1 is 1.33 bits per heavy atom. The zero-order valence-electron chi connectivity index (χ0n) is 8.60. The number of Topliss-reactive ketones (excluding diaryl/α,β-unsaturated/α-hetero) is 1. The third kappa shape index (κ3) is 2.23. The van der Waals surface area contributed by atoms with Crippen molar-refractivity contribution in [3.63, 3.8) is 0 Å². The highest BCUT2D eigenvalue weighted by Gasteiger charge is 2.29. The zero-order chi connectivity index (χ0) is 10.7. The van der Waals surface area contributed by atoms with Crippen molar-refractivity contribution in [1.29, 1.82) is 0 Å². The van der Waals surface area contributed by atoms with Gasteiger partial charge in [0.1, 0.15) is 5.78 Å².